The van der Waals surface area contributed by atoms with Gasteiger partial charge in [0.2, 0.25) is 0 Å². The lowest BCUT2D eigenvalue weighted by Gasteiger charge is -2.28. The summed E-state index contributed by atoms with van der Waals surface area (Å²) < 4.78 is 29.7. The van der Waals surface area contributed by atoms with Crippen LogP contribution in [0.2, 0.25) is 0 Å². The van der Waals surface area contributed by atoms with Crippen LogP contribution in [0.3, 0.4) is 0 Å². The minimum atomic E-state index is -0.780. The third kappa shape index (κ3) is 9.98. The summed E-state index contributed by atoms with van der Waals surface area (Å²) in [5.41, 5.74) is 6.27. The predicted octanol–water partition coefficient (Wildman–Crippen LogP) is 5.73. The number of halogens is 1. The van der Waals surface area contributed by atoms with Crippen LogP contribution in [-0.4, -0.2) is 51.1 Å². The minimum absolute atomic E-state index is 0.180. The summed E-state index contributed by atoms with van der Waals surface area (Å²) in [5.74, 6) is 0.696. The average molecular weight is 783 g/mol. The van der Waals surface area contributed by atoms with Crippen molar-refractivity contribution < 1.29 is 38.1 Å². The Balaban J connectivity index is 1.42. The Kier molecular flexibility index (Phi) is 13.4. The van der Waals surface area contributed by atoms with Crippen LogP contribution in [0.5, 0.6) is 23.0 Å². The number of ether oxygens (including phenoxy) is 5. The van der Waals surface area contributed by atoms with Crippen LogP contribution >= 0.6 is 22.6 Å². The van der Waals surface area contributed by atoms with Crippen LogP contribution in [0.1, 0.15) is 49.1 Å². The van der Waals surface area contributed by atoms with Crippen molar-refractivity contribution in [3.8, 4) is 23.0 Å². The summed E-state index contributed by atoms with van der Waals surface area (Å²) >= 11 is 2.26. The summed E-state index contributed by atoms with van der Waals surface area (Å²) in [6.07, 6.45) is 3.83. The van der Waals surface area contributed by atoms with Gasteiger partial charge in [-0.3, -0.25) is 4.79 Å². The zero-order valence-corrected chi connectivity index (χ0v) is 29.9. The Labute approximate surface area is 299 Å². The molecule has 258 valence electrons. The summed E-state index contributed by atoms with van der Waals surface area (Å²) in [5, 5.41) is 9.45. The van der Waals surface area contributed by atoms with Gasteiger partial charge in [-0.15, -0.1) is 6.58 Å². The van der Waals surface area contributed by atoms with Gasteiger partial charge < -0.3 is 34.3 Å². The first-order valence-electron chi connectivity index (χ1n) is 15.5. The van der Waals surface area contributed by atoms with E-state index in [1.807, 2.05) is 37.3 Å². The van der Waals surface area contributed by atoms with Crippen molar-refractivity contribution in [3.63, 3.8) is 0 Å². The van der Waals surface area contributed by atoms with E-state index in [4.69, 9.17) is 23.7 Å². The highest BCUT2D eigenvalue weighted by atomic mass is 127. The number of urea groups is 1. The van der Waals surface area contributed by atoms with Gasteiger partial charge in [0.1, 0.15) is 6.61 Å². The van der Waals surface area contributed by atoms with Gasteiger partial charge in [-0.2, -0.15) is 5.10 Å². The molecule has 3 N–H and O–H groups in total. The van der Waals surface area contributed by atoms with Crippen molar-refractivity contribution in [3.05, 3.63) is 104 Å². The molecule has 1 aliphatic heterocycles. The third-order valence-electron chi connectivity index (χ3n) is 7.16. The number of hydrogen-bond acceptors (Lipinski definition) is 9. The Bertz CT molecular complexity index is 1740. The van der Waals surface area contributed by atoms with Crippen LogP contribution in [0.4, 0.5) is 4.79 Å². The maximum Gasteiger partial charge on any atom is 0.338 e. The van der Waals surface area contributed by atoms with Crippen molar-refractivity contribution in [1.29, 1.82) is 0 Å². The van der Waals surface area contributed by atoms with Gasteiger partial charge >= 0.3 is 12.0 Å². The number of nitrogens with one attached hydrogen (secondary N) is 3. The molecule has 0 aliphatic carbocycles. The maximum atomic E-state index is 12.7. The predicted molar refractivity (Wildman–Crippen MR) is 193 cm³/mol. The summed E-state index contributed by atoms with van der Waals surface area (Å²) in [6, 6.07) is 15.4. The van der Waals surface area contributed by atoms with Crippen molar-refractivity contribution in [2.24, 2.45) is 5.10 Å². The average Bonchev–Trinajstić information content (AvgIpc) is 3.07. The fraction of sp³-hybridized carbons (Fsp3) is 0.278. The highest BCUT2D eigenvalue weighted by Gasteiger charge is 2.32. The van der Waals surface area contributed by atoms with E-state index >= 15 is 0 Å². The highest BCUT2D eigenvalue weighted by Crippen LogP contribution is 2.36. The zero-order chi connectivity index (χ0) is 35.3. The lowest BCUT2D eigenvalue weighted by Crippen LogP contribution is -2.45. The smallest absolute Gasteiger partial charge is 0.338 e. The second kappa shape index (κ2) is 17.9. The Morgan fingerprint density at radius 3 is 2.47 bits per heavy atom. The number of esters is 1. The van der Waals surface area contributed by atoms with E-state index in [1.54, 1.807) is 44.2 Å². The van der Waals surface area contributed by atoms with Gasteiger partial charge in [0.15, 0.2) is 29.6 Å². The molecule has 0 bridgehead atoms. The molecule has 4 rings (SSSR count). The van der Waals surface area contributed by atoms with Gasteiger partial charge in [-0.1, -0.05) is 24.3 Å². The second-order valence-corrected chi connectivity index (χ2v) is 11.9. The number of carbonyl (C=O) groups excluding carboxylic acids is 3. The molecule has 0 fully saturated rings. The number of nitrogens with zero attached hydrogens (tertiary/aromatic N) is 1. The van der Waals surface area contributed by atoms with Gasteiger partial charge in [0.25, 0.3) is 5.91 Å². The Hall–Kier alpha value is -5.05. The molecule has 0 spiro atoms. The van der Waals surface area contributed by atoms with E-state index in [0.717, 1.165) is 14.7 Å². The van der Waals surface area contributed by atoms with E-state index < -0.39 is 23.9 Å². The van der Waals surface area contributed by atoms with Crippen molar-refractivity contribution in [2.45, 2.75) is 39.8 Å². The largest absolute Gasteiger partial charge is 0.493 e. The van der Waals surface area contributed by atoms with E-state index in [0.29, 0.717) is 53.7 Å². The van der Waals surface area contributed by atoms with Crippen LogP contribution in [-0.2, 0) is 27.4 Å². The number of amides is 3. The Morgan fingerprint density at radius 1 is 1.00 bits per heavy atom. The summed E-state index contributed by atoms with van der Waals surface area (Å²) in [4.78, 5) is 37.5. The molecule has 49 heavy (non-hydrogen) atoms. The molecular formula is C36H39IN4O8. The normalized spacial score (nSPS) is 14.1. The number of allylic oxidation sites excluding steroid dienone is 2. The molecule has 0 saturated carbocycles. The standard InChI is InChI=1S/C36H39IN4O8/c1-6-9-26-16-24(17-30(46-7-2)34(26)49-20-23-10-13-27(37)14-11-23)19-38-41-31(42)21-48-28-15-12-25(18-29(28)45-5)33-32(35(43)47-8-3)22(4)39-36(44)40-33/h6,10-19,33H,1,7-9,20-21H2,2-5H3,(H,41,42)(H2,39,40,44)/b38-19-/t33-/m1/s1. The SMILES string of the molecule is C=CCc1cc(/C=N\NC(=O)COc2ccc([C@H]3NC(=O)NC(C)=C3C(=O)OCC)cc2OC)cc(OCC)c1OCc1ccc(I)cc1. The summed E-state index contributed by atoms with van der Waals surface area (Å²) in [6.45, 7) is 9.72. The number of hydrazone groups is 1. The number of benzene rings is 3. The first-order valence-corrected chi connectivity index (χ1v) is 16.6. The summed E-state index contributed by atoms with van der Waals surface area (Å²) in [7, 11) is 1.44. The first kappa shape index (κ1) is 36.8. The number of hydrogen-bond donors (Lipinski definition) is 3. The van der Waals surface area contributed by atoms with Crippen molar-refractivity contribution >= 4 is 46.7 Å². The molecule has 0 unspecified atom stereocenters. The van der Waals surface area contributed by atoms with Gasteiger partial charge in [-0.25, -0.2) is 15.0 Å². The molecule has 3 aromatic carbocycles. The molecule has 1 atom stereocenters. The van der Waals surface area contributed by atoms with Crippen LogP contribution in [0, 0.1) is 3.57 Å². The van der Waals surface area contributed by atoms with E-state index in [-0.39, 0.29) is 24.5 Å². The quantitative estimate of drug-likeness (QED) is 0.0550. The molecule has 0 radical (unpaired) electrons. The number of methoxy groups -OCH3 is 1. The molecule has 3 aromatic rings. The van der Waals surface area contributed by atoms with E-state index in [9.17, 15) is 14.4 Å². The van der Waals surface area contributed by atoms with Crippen LogP contribution < -0.4 is 35.0 Å². The number of carbonyl (C=O) groups is 3. The molecule has 0 saturated heterocycles. The molecule has 1 heterocycles. The molecule has 3 amide bonds. The van der Waals surface area contributed by atoms with Crippen LogP contribution in [0.15, 0.2) is 83.6 Å². The minimum Gasteiger partial charge on any atom is -0.493 e. The molecular weight excluding hydrogens is 743 g/mol. The third-order valence-corrected chi connectivity index (χ3v) is 7.88. The van der Waals surface area contributed by atoms with Gasteiger partial charge in [0, 0.05) is 14.8 Å². The lowest BCUT2D eigenvalue weighted by atomic mass is 9.95. The van der Waals surface area contributed by atoms with E-state index in [1.165, 1.54) is 13.3 Å². The van der Waals surface area contributed by atoms with Gasteiger partial charge in [-0.05, 0) is 103 Å². The highest BCUT2D eigenvalue weighted by molar-refractivity contribution is 14.1. The fourth-order valence-corrected chi connectivity index (χ4v) is 5.35. The monoisotopic (exact) mass is 782 g/mol. The first-order chi connectivity index (χ1) is 23.7. The number of rotatable bonds is 16. The zero-order valence-electron chi connectivity index (χ0n) is 27.8. The van der Waals surface area contributed by atoms with Crippen molar-refractivity contribution in [1.82, 2.24) is 16.1 Å². The van der Waals surface area contributed by atoms with Crippen LogP contribution in [0.25, 0.3) is 0 Å². The van der Waals surface area contributed by atoms with E-state index in [2.05, 4.69) is 50.3 Å². The topological polar surface area (TPSA) is 146 Å². The Morgan fingerprint density at radius 2 is 1.78 bits per heavy atom. The maximum absolute atomic E-state index is 12.7. The second-order valence-electron chi connectivity index (χ2n) is 10.6. The molecule has 1 aliphatic rings. The fourth-order valence-electron chi connectivity index (χ4n) is 4.99. The molecule has 13 heteroatoms. The molecule has 0 aromatic heterocycles. The molecule has 12 nitrogen and oxygen atoms in total. The van der Waals surface area contributed by atoms with Gasteiger partial charge in [0.05, 0.1) is 38.2 Å². The lowest BCUT2D eigenvalue weighted by molar-refractivity contribution is -0.139. The van der Waals surface area contributed by atoms with Crippen molar-refractivity contribution in [2.75, 3.05) is 26.9 Å².